The smallest absolute Gasteiger partial charge is 0.354 e. The van der Waals surface area contributed by atoms with Gasteiger partial charge in [-0.05, 0) is 46.6 Å². The SMILES string of the molecule is Cc1cc2cc(Br)cc(Br)c2nc1C(=O)O. The minimum Gasteiger partial charge on any atom is -0.477 e. The summed E-state index contributed by atoms with van der Waals surface area (Å²) in [6.07, 6.45) is 0. The van der Waals surface area contributed by atoms with Gasteiger partial charge in [-0.15, -0.1) is 0 Å². The highest BCUT2D eigenvalue weighted by atomic mass is 79.9. The summed E-state index contributed by atoms with van der Waals surface area (Å²) >= 11 is 6.75. The van der Waals surface area contributed by atoms with Crippen LogP contribution in [0.2, 0.25) is 0 Å². The zero-order chi connectivity index (χ0) is 11.9. The van der Waals surface area contributed by atoms with E-state index in [1.165, 1.54) is 0 Å². The van der Waals surface area contributed by atoms with Crippen LogP contribution in [0.3, 0.4) is 0 Å². The lowest BCUT2D eigenvalue weighted by Crippen LogP contribution is -2.03. The molecule has 1 aromatic carbocycles. The van der Waals surface area contributed by atoms with E-state index in [2.05, 4.69) is 36.8 Å². The first-order chi connectivity index (χ1) is 7.49. The summed E-state index contributed by atoms with van der Waals surface area (Å²) in [7, 11) is 0. The topological polar surface area (TPSA) is 50.2 Å². The lowest BCUT2D eigenvalue weighted by molar-refractivity contribution is 0.0690. The van der Waals surface area contributed by atoms with E-state index in [-0.39, 0.29) is 5.69 Å². The van der Waals surface area contributed by atoms with Gasteiger partial charge in [0.15, 0.2) is 5.69 Å². The van der Waals surface area contributed by atoms with E-state index in [4.69, 9.17) is 5.11 Å². The molecule has 0 radical (unpaired) electrons. The Bertz CT molecular complexity index is 596. The van der Waals surface area contributed by atoms with Gasteiger partial charge < -0.3 is 5.11 Å². The van der Waals surface area contributed by atoms with Crippen molar-refractivity contribution >= 4 is 48.7 Å². The molecule has 0 saturated carbocycles. The van der Waals surface area contributed by atoms with Gasteiger partial charge in [-0.2, -0.15) is 0 Å². The number of halogens is 2. The second kappa shape index (κ2) is 4.14. The number of carboxylic acids is 1. The first-order valence-corrected chi connectivity index (χ1v) is 6.07. The molecule has 0 atom stereocenters. The van der Waals surface area contributed by atoms with E-state index >= 15 is 0 Å². The van der Waals surface area contributed by atoms with Crippen LogP contribution in [0.25, 0.3) is 10.9 Å². The van der Waals surface area contributed by atoms with E-state index in [9.17, 15) is 4.79 Å². The molecule has 0 fully saturated rings. The van der Waals surface area contributed by atoms with Gasteiger partial charge >= 0.3 is 5.97 Å². The van der Waals surface area contributed by atoms with Crippen molar-refractivity contribution in [3.8, 4) is 0 Å². The molecule has 2 aromatic rings. The number of aromatic carboxylic acids is 1. The Kier molecular flexibility index (Phi) is 2.99. The number of benzene rings is 1. The number of hydrogen-bond acceptors (Lipinski definition) is 2. The molecule has 0 spiro atoms. The Morgan fingerprint density at radius 2 is 2.00 bits per heavy atom. The molecule has 3 nitrogen and oxygen atoms in total. The zero-order valence-corrected chi connectivity index (χ0v) is 11.5. The number of aryl methyl sites for hydroxylation is 1. The number of nitrogens with zero attached hydrogens (tertiary/aromatic N) is 1. The van der Waals surface area contributed by atoms with Gasteiger partial charge in [0.1, 0.15) is 0 Å². The van der Waals surface area contributed by atoms with Crippen molar-refractivity contribution in [2.24, 2.45) is 0 Å². The fourth-order valence-corrected chi connectivity index (χ4v) is 2.88. The molecule has 2 rings (SSSR count). The summed E-state index contributed by atoms with van der Waals surface area (Å²) in [5, 5.41) is 9.89. The molecule has 1 aromatic heterocycles. The molecule has 0 unspecified atom stereocenters. The van der Waals surface area contributed by atoms with Crippen LogP contribution >= 0.6 is 31.9 Å². The van der Waals surface area contributed by atoms with Gasteiger partial charge in [0.25, 0.3) is 0 Å². The van der Waals surface area contributed by atoms with Crippen molar-refractivity contribution in [1.29, 1.82) is 0 Å². The molecule has 0 saturated heterocycles. The van der Waals surface area contributed by atoms with Gasteiger partial charge in [0.05, 0.1) is 5.52 Å². The van der Waals surface area contributed by atoms with Crippen LogP contribution in [0.5, 0.6) is 0 Å². The Balaban J connectivity index is 2.84. The van der Waals surface area contributed by atoms with Crippen LogP contribution in [0.15, 0.2) is 27.1 Å². The molecule has 0 bridgehead atoms. The van der Waals surface area contributed by atoms with E-state index in [0.717, 1.165) is 14.3 Å². The van der Waals surface area contributed by atoms with Crippen molar-refractivity contribution in [2.45, 2.75) is 6.92 Å². The fraction of sp³-hybridized carbons (Fsp3) is 0.0909. The van der Waals surface area contributed by atoms with Crippen LogP contribution in [0.1, 0.15) is 16.1 Å². The number of pyridine rings is 1. The number of aromatic nitrogens is 1. The molecule has 16 heavy (non-hydrogen) atoms. The minimum absolute atomic E-state index is 0.0931. The first kappa shape index (κ1) is 11.5. The summed E-state index contributed by atoms with van der Waals surface area (Å²) in [4.78, 5) is 15.1. The van der Waals surface area contributed by atoms with E-state index in [1.807, 2.05) is 18.2 Å². The summed E-state index contributed by atoms with van der Waals surface area (Å²) in [5.41, 5.74) is 1.41. The Hall–Kier alpha value is -0.940. The zero-order valence-electron chi connectivity index (χ0n) is 8.29. The quantitative estimate of drug-likeness (QED) is 0.856. The molecule has 1 heterocycles. The molecule has 0 amide bonds. The molecule has 0 aliphatic carbocycles. The fourth-order valence-electron chi connectivity index (χ4n) is 1.53. The van der Waals surface area contributed by atoms with Gasteiger partial charge in [-0.1, -0.05) is 15.9 Å². The number of fused-ring (bicyclic) bond motifs is 1. The maximum absolute atomic E-state index is 11.0. The third-order valence-corrected chi connectivity index (χ3v) is 3.29. The lowest BCUT2D eigenvalue weighted by atomic mass is 10.1. The third kappa shape index (κ3) is 1.97. The van der Waals surface area contributed by atoms with Crippen molar-refractivity contribution in [3.05, 3.63) is 38.4 Å². The molecule has 82 valence electrons. The normalized spacial score (nSPS) is 10.7. The van der Waals surface area contributed by atoms with Crippen molar-refractivity contribution < 1.29 is 9.90 Å². The van der Waals surface area contributed by atoms with Crippen molar-refractivity contribution in [1.82, 2.24) is 4.98 Å². The molecular weight excluding hydrogens is 338 g/mol. The number of carbonyl (C=O) groups is 1. The first-order valence-electron chi connectivity index (χ1n) is 4.48. The molecule has 1 N–H and O–H groups in total. The van der Waals surface area contributed by atoms with Crippen molar-refractivity contribution in [2.75, 3.05) is 0 Å². The molecular formula is C11H7Br2NO2. The summed E-state index contributed by atoms with van der Waals surface area (Å²) in [6, 6.07) is 5.57. The average Bonchev–Trinajstić information content (AvgIpc) is 2.15. The number of carboxylic acid groups (broad SMARTS) is 1. The van der Waals surface area contributed by atoms with Crippen LogP contribution in [0.4, 0.5) is 0 Å². The van der Waals surface area contributed by atoms with Crippen molar-refractivity contribution in [3.63, 3.8) is 0 Å². The molecule has 0 aliphatic rings. The minimum atomic E-state index is -1.01. The Morgan fingerprint density at radius 1 is 1.31 bits per heavy atom. The van der Waals surface area contributed by atoms with Gasteiger partial charge in [-0.3, -0.25) is 0 Å². The second-order valence-corrected chi connectivity index (χ2v) is 5.19. The maximum Gasteiger partial charge on any atom is 0.354 e. The second-order valence-electron chi connectivity index (χ2n) is 3.42. The van der Waals surface area contributed by atoms with E-state index in [1.54, 1.807) is 6.92 Å². The van der Waals surface area contributed by atoms with Gasteiger partial charge in [-0.25, -0.2) is 9.78 Å². The van der Waals surface area contributed by atoms with E-state index < -0.39 is 5.97 Å². The highest BCUT2D eigenvalue weighted by Gasteiger charge is 2.12. The standard InChI is InChI=1S/C11H7Br2NO2/c1-5-2-6-3-7(12)4-8(13)10(6)14-9(5)11(15)16/h2-4H,1H3,(H,15,16). The average molecular weight is 345 g/mol. The van der Waals surface area contributed by atoms with Gasteiger partial charge in [0, 0.05) is 14.3 Å². The Morgan fingerprint density at radius 3 is 2.62 bits per heavy atom. The highest BCUT2D eigenvalue weighted by Crippen LogP contribution is 2.28. The lowest BCUT2D eigenvalue weighted by Gasteiger charge is -2.05. The van der Waals surface area contributed by atoms with Crippen LogP contribution in [0, 0.1) is 6.92 Å². The van der Waals surface area contributed by atoms with Crippen LogP contribution < -0.4 is 0 Å². The highest BCUT2D eigenvalue weighted by molar-refractivity contribution is 9.11. The summed E-state index contributed by atoms with van der Waals surface area (Å²) in [6.45, 7) is 1.74. The van der Waals surface area contributed by atoms with Crippen LogP contribution in [-0.4, -0.2) is 16.1 Å². The monoisotopic (exact) mass is 343 g/mol. The number of hydrogen-bond donors (Lipinski definition) is 1. The third-order valence-electron chi connectivity index (χ3n) is 2.23. The Labute approximate surface area is 109 Å². The van der Waals surface area contributed by atoms with E-state index in [0.29, 0.717) is 11.1 Å². The summed E-state index contributed by atoms with van der Waals surface area (Å²) in [5.74, 6) is -1.01. The molecule has 0 aliphatic heterocycles. The summed E-state index contributed by atoms with van der Waals surface area (Å²) < 4.78 is 1.70. The molecule has 5 heteroatoms. The predicted octanol–water partition coefficient (Wildman–Crippen LogP) is 3.77. The van der Waals surface area contributed by atoms with Crippen LogP contribution in [-0.2, 0) is 0 Å². The largest absolute Gasteiger partial charge is 0.477 e. The van der Waals surface area contributed by atoms with Gasteiger partial charge in [0.2, 0.25) is 0 Å². The predicted molar refractivity (Wildman–Crippen MR) is 68.8 cm³/mol. The maximum atomic E-state index is 11.0. The number of rotatable bonds is 1.